The quantitative estimate of drug-likeness (QED) is 0.809. The Morgan fingerprint density at radius 3 is 2.53 bits per heavy atom. The van der Waals surface area contributed by atoms with Crippen LogP contribution in [0.25, 0.3) is 0 Å². The van der Waals surface area contributed by atoms with Crippen LogP contribution in [-0.4, -0.2) is 24.9 Å². The minimum Gasteiger partial charge on any atom is -0.491 e. The Labute approximate surface area is 90.6 Å². The van der Waals surface area contributed by atoms with Gasteiger partial charge in [0.15, 0.2) is 0 Å². The van der Waals surface area contributed by atoms with Crippen molar-refractivity contribution in [2.75, 3.05) is 13.7 Å². The Morgan fingerprint density at radius 1 is 1.27 bits per heavy atom. The van der Waals surface area contributed by atoms with Crippen molar-refractivity contribution in [2.24, 2.45) is 0 Å². The van der Waals surface area contributed by atoms with Gasteiger partial charge in [0.25, 0.3) is 0 Å². The summed E-state index contributed by atoms with van der Waals surface area (Å²) in [5.74, 6) is 0.719. The molecule has 1 aromatic carbocycles. The second-order valence-corrected chi connectivity index (χ2v) is 3.57. The molecule has 1 N–H and O–H groups in total. The van der Waals surface area contributed by atoms with Crippen LogP contribution in [0.15, 0.2) is 24.3 Å². The van der Waals surface area contributed by atoms with Crippen molar-refractivity contribution < 1.29 is 14.6 Å². The second-order valence-electron chi connectivity index (χ2n) is 3.57. The van der Waals surface area contributed by atoms with Crippen LogP contribution in [0.2, 0.25) is 0 Å². The van der Waals surface area contributed by atoms with Gasteiger partial charge in [-0.3, -0.25) is 0 Å². The predicted octanol–water partition coefficient (Wildman–Crippen LogP) is 2.15. The van der Waals surface area contributed by atoms with E-state index < -0.39 is 6.10 Å². The van der Waals surface area contributed by atoms with Crippen LogP contribution in [0.1, 0.15) is 25.5 Å². The molecule has 3 nitrogen and oxygen atoms in total. The molecule has 2 atom stereocenters. The summed E-state index contributed by atoms with van der Waals surface area (Å²) >= 11 is 0. The summed E-state index contributed by atoms with van der Waals surface area (Å²) in [7, 11) is 1.65. The Kier molecular flexibility index (Phi) is 4.59. The third-order valence-electron chi connectivity index (χ3n) is 2.25. The number of hydrogen-bond acceptors (Lipinski definition) is 3. The van der Waals surface area contributed by atoms with Gasteiger partial charge in [-0.1, -0.05) is 18.2 Å². The fourth-order valence-electron chi connectivity index (χ4n) is 1.23. The van der Waals surface area contributed by atoms with Crippen LogP contribution < -0.4 is 4.74 Å². The van der Waals surface area contributed by atoms with Gasteiger partial charge in [0, 0.05) is 12.7 Å². The van der Waals surface area contributed by atoms with E-state index in [0.29, 0.717) is 6.61 Å². The number of benzene rings is 1. The first-order chi connectivity index (χ1) is 7.15. The molecule has 0 heterocycles. The second kappa shape index (κ2) is 5.73. The lowest BCUT2D eigenvalue weighted by Crippen LogP contribution is -2.16. The molecule has 3 heteroatoms. The lowest BCUT2D eigenvalue weighted by molar-refractivity contribution is 0.0700. The number of para-hydroxylation sites is 1. The van der Waals surface area contributed by atoms with Gasteiger partial charge in [-0.25, -0.2) is 0 Å². The summed E-state index contributed by atoms with van der Waals surface area (Å²) in [5, 5.41) is 9.52. The molecule has 0 fully saturated rings. The van der Waals surface area contributed by atoms with Crippen molar-refractivity contribution in [2.45, 2.75) is 26.1 Å². The molecule has 0 aliphatic rings. The van der Waals surface area contributed by atoms with Gasteiger partial charge < -0.3 is 14.6 Å². The maximum atomic E-state index is 9.52. The van der Waals surface area contributed by atoms with E-state index in [9.17, 15) is 5.11 Å². The van der Waals surface area contributed by atoms with Crippen molar-refractivity contribution in [3.8, 4) is 5.75 Å². The Bertz CT molecular complexity index is 297. The van der Waals surface area contributed by atoms with E-state index in [1.54, 1.807) is 14.0 Å². The Hall–Kier alpha value is -1.06. The maximum Gasteiger partial charge on any atom is 0.125 e. The number of rotatable bonds is 5. The Morgan fingerprint density at radius 2 is 1.93 bits per heavy atom. The molecular weight excluding hydrogens is 192 g/mol. The molecule has 0 bridgehead atoms. The molecule has 0 radical (unpaired) electrons. The fourth-order valence-corrected chi connectivity index (χ4v) is 1.23. The van der Waals surface area contributed by atoms with Crippen molar-refractivity contribution in [1.82, 2.24) is 0 Å². The fraction of sp³-hybridized carbons (Fsp3) is 0.500. The largest absolute Gasteiger partial charge is 0.491 e. The van der Waals surface area contributed by atoms with Gasteiger partial charge in [-0.2, -0.15) is 0 Å². The van der Waals surface area contributed by atoms with Crippen LogP contribution in [0.5, 0.6) is 5.75 Å². The number of ether oxygens (including phenoxy) is 2. The van der Waals surface area contributed by atoms with E-state index in [1.807, 2.05) is 31.2 Å². The average Bonchev–Trinajstić information content (AvgIpc) is 2.26. The third kappa shape index (κ3) is 3.53. The van der Waals surface area contributed by atoms with Gasteiger partial charge in [0.2, 0.25) is 0 Å². The molecule has 1 rings (SSSR count). The standard InChI is InChI=1S/C12H18O3/c1-9(14-3)8-15-12-7-5-4-6-11(12)10(2)13/h4-7,9-10,13H,8H2,1-3H3. The lowest BCUT2D eigenvalue weighted by Gasteiger charge is -2.15. The van der Waals surface area contributed by atoms with Crippen molar-refractivity contribution in [3.05, 3.63) is 29.8 Å². The van der Waals surface area contributed by atoms with E-state index in [4.69, 9.17) is 9.47 Å². The van der Waals surface area contributed by atoms with Crippen molar-refractivity contribution in [1.29, 1.82) is 0 Å². The van der Waals surface area contributed by atoms with E-state index in [2.05, 4.69) is 0 Å². The lowest BCUT2D eigenvalue weighted by atomic mass is 10.1. The molecule has 0 saturated carbocycles. The first kappa shape index (κ1) is 12.0. The van der Waals surface area contributed by atoms with Gasteiger partial charge in [-0.05, 0) is 19.9 Å². The monoisotopic (exact) mass is 210 g/mol. The highest BCUT2D eigenvalue weighted by molar-refractivity contribution is 5.34. The Balaban J connectivity index is 2.67. The van der Waals surface area contributed by atoms with Crippen LogP contribution in [0.3, 0.4) is 0 Å². The highest BCUT2D eigenvalue weighted by Gasteiger charge is 2.09. The smallest absolute Gasteiger partial charge is 0.125 e. The summed E-state index contributed by atoms with van der Waals surface area (Å²) in [6, 6.07) is 7.48. The number of hydrogen-bond donors (Lipinski definition) is 1. The summed E-state index contributed by atoms with van der Waals surface area (Å²) < 4.78 is 10.7. The first-order valence-corrected chi connectivity index (χ1v) is 5.07. The summed E-state index contributed by atoms with van der Waals surface area (Å²) in [4.78, 5) is 0. The van der Waals surface area contributed by atoms with Gasteiger partial charge in [0.05, 0.1) is 12.2 Å². The summed E-state index contributed by atoms with van der Waals surface area (Å²) in [6.45, 7) is 4.15. The minimum absolute atomic E-state index is 0.0482. The molecule has 0 spiro atoms. The molecule has 0 amide bonds. The average molecular weight is 210 g/mol. The molecule has 0 saturated heterocycles. The number of aliphatic hydroxyl groups is 1. The third-order valence-corrected chi connectivity index (χ3v) is 2.25. The summed E-state index contributed by atoms with van der Waals surface area (Å²) in [6.07, 6.45) is -0.467. The van der Waals surface area contributed by atoms with E-state index in [0.717, 1.165) is 11.3 Å². The topological polar surface area (TPSA) is 38.7 Å². The zero-order valence-corrected chi connectivity index (χ0v) is 9.43. The van der Waals surface area contributed by atoms with Gasteiger partial charge in [0.1, 0.15) is 12.4 Å². The van der Waals surface area contributed by atoms with E-state index >= 15 is 0 Å². The normalized spacial score (nSPS) is 14.7. The molecule has 15 heavy (non-hydrogen) atoms. The van der Waals surface area contributed by atoms with Gasteiger partial charge in [-0.15, -0.1) is 0 Å². The SMILES string of the molecule is COC(C)COc1ccccc1C(C)O. The van der Waals surface area contributed by atoms with Crippen LogP contribution in [0, 0.1) is 0 Å². The number of aliphatic hydroxyl groups excluding tert-OH is 1. The zero-order chi connectivity index (χ0) is 11.3. The van der Waals surface area contributed by atoms with Crippen molar-refractivity contribution >= 4 is 0 Å². The zero-order valence-electron chi connectivity index (χ0n) is 9.43. The molecule has 84 valence electrons. The van der Waals surface area contributed by atoms with Crippen LogP contribution >= 0.6 is 0 Å². The predicted molar refractivity (Wildman–Crippen MR) is 59.0 cm³/mol. The summed E-state index contributed by atoms with van der Waals surface area (Å²) in [5.41, 5.74) is 0.806. The first-order valence-electron chi connectivity index (χ1n) is 5.07. The number of methoxy groups -OCH3 is 1. The highest BCUT2D eigenvalue weighted by atomic mass is 16.5. The molecule has 0 aliphatic heterocycles. The molecular formula is C12H18O3. The van der Waals surface area contributed by atoms with E-state index in [1.165, 1.54) is 0 Å². The molecule has 1 aromatic rings. The van der Waals surface area contributed by atoms with Crippen LogP contribution in [-0.2, 0) is 4.74 Å². The highest BCUT2D eigenvalue weighted by Crippen LogP contribution is 2.24. The van der Waals surface area contributed by atoms with Crippen LogP contribution in [0.4, 0.5) is 0 Å². The van der Waals surface area contributed by atoms with Gasteiger partial charge >= 0.3 is 0 Å². The molecule has 0 aromatic heterocycles. The minimum atomic E-state index is -0.515. The van der Waals surface area contributed by atoms with Crippen molar-refractivity contribution in [3.63, 3.8) is 0 Å². The maximum absolute atomic E-state index is 9.52. The molecule has 2 unspecified atom stereocenters. The van der Waals surface area contributed by atoms with E-state index in [-0.39, 0.29) is 6.10 Å². The molecule has 0 aliphatic carbocycles.